The van der Waals surface area contributed by atoms with Gasteiger partial charge in [-0.1, -0.05) is 18.2 Å². The van der Waals surface area contributed by atoms with Crippen LogP contribution in [0, 0.1) is 0 Å². The summed E-state index contributed by atoms with van der Waals surface area (Å²) >= 11 is 0. The maximum atomic E-state index is 12.9. The summed E-state index contributed by atoms with van der Waals surface area (Å²) in [6.45, 7) is 2.31. The van der Waals surface area contributed by atoms with Gasteiger partial charge in [-0.2, -0.15) is 0 Å². The third-order valence-corrected chi connectivity index (χ3v) is 6.68. The minimum Gasteiger partial charge on any atom is -0.496 e. The molecule has 7 heteroatoms. The first-order chi connectivity index (χ1) is 15.7. The monoisotopic (exact) mass is 434 g/mol. The first-order valence-corrected chi connectivity index (χ1v) is 11.6. The number of carbonyl (C=O) groups is 1. The quantitative estimate of drug-likeness (QED) is 0.585. The number of fused-ring (bicyclic) bond motifs is 1. The maximum Gasteiger partial charge on any atom is 0.222 e. The summed E-state index contributed by atoms with van der Waals surface area (Å²) in [6.07, 6.45) is 6.96. The van der Waals surface area contributed by atoms with Gasteiger partial charge in [-0.15, -0.1) is 0 Å². The van der Waals surface area contributed by atoms with Gasteiger partial charge >= 0.3 is 0 Å². The molecule has 2 aliphatic heterocycles. The maximum absolute atomic E-state index is 12.9. The molecular formula is C25H30N4O3. The Labute approximate surface area is 188 Å². The number of pyridine rings is 1. The first kappa shape index (κ1) is 20.9. The third kappa shape index (κ3) is 4.09. The van der Waals surface area contributed by atoms with E-state index in [-0.39, 0.29) is 18.1 Å². The van der Waals surface area contributed by atoms with Crippen LogP contribution in [0.5, 0.6) is 5.75 Å². The fourth-order valence-electron chi connectivity index (χ4n) is 5.00. The van der Waals surface area contributed by atoms with E-state index < -0.39 is 0 Å². The van der Waals surface area contributed by atoms with E-state index in [0.717, 1.165) is 73.7 Å². The topological polar surface area (TPSA) is 69.5 Å². The fourth-order valence-corrected chi connectivity index (χ4v) is 5.00. The second-order valence-corrected chi connectivity index (χ2v) is 8.61. The molecule has 3 aromatic rings. The molecule has 2 aromatic heterocycles. The normalized spacial score (nSPS) is 19.5. The molecule has 0 aliphatic carbocycles. The van der Waals surface area contributed by atoms with Crippen molar-refractivity contribution in [2.24, 2.45) is 0 Å². The van der Waals surface area contributed by atoms with Gasteiger partial charge in [0.25, 0.3) is 0 Å². The predicted molar refractivity (Wildman–Crippen MR) is 122 cm³/mol. The molecule has 4 heterocycles. The number of aromatic nitrogens is 3. The average Bonchev–Trinajstić information content (AvgIpc) is 3.51. The van der Waals surface area contributed by atoms with Crippen molar-refractivity contribution in [3.63, 3.8) is 0 Å². The second-order valence-electron chi connectivity index (χ2n) is 8.61. The van der Waals surface area contributed by atoms with Crippen molar-refractivity contribution in [1.82, 2.24) is 19.4 Å². The summed E-state index contributed by atoms with van der Waals surface area (Å²) in [7, 11) is 1.67. The molecule has 2 aliphatic rings. The summed E-state index contributed by atoms with van der Waals surface area (Å²) in [5, 5.41) is 0. The highest BCUT2D eigenvalue weighted by atomic mass is 16.5. The van der Waals surface area contributed by atoms with Crippen molar-refractivity contribution in [3.05, 3.63) is 54.0 Å². The van der Waals surface area contributed by atoms with E-state index in [1.807, 2.05) is 47.5 Å². The van der Waals surface area contributed by atoms with Gasteiger partial charge in [0.2, 0.25) is 5.91 Å². The van der Waals surface area contributed by atoms with Crippen molar-refractivity contribution in [2.75, 3.05) is 26.8 Å². The second kappa shape index (κ2) is 9.28. The highest BCUT2D eigenvalue weighted by molar-refractivity contribution is 5.76. The van der Waals surface area contributed by atoms with Crippen LogP contribution in [-0.4, -0.2) is 52.1 Å². The molecule has 0 saturated carbocycles. The Hall–Kier alpha value is -2.93. The predicted octanol–water partition coefficient (Wildman–Crippen LogP) is 4.09. The molecule has 2 fully saturated rings. The molecule has 1 aromatic carbocycles. The molecule has 0 N–H and O–H groups in total. The van der Waals surface area contributed by atoms with Gasteiger partial charge in [0, 0.05) is 38.4 Å². The Balaban J connectivity index is 1.26. The number of benzene rings is 1. The third-order valence-electron chi connectivity index (χ3n) is 6.68. The summed E-state index contributed by atoms with van der Waals surface area (Å²) < 4.78 is 13.7. The van der Waals surface area contributed by atoms with Gasteiger partial charge in [-0.3, -0.25) is 4.79 Å². The highest BCUT2D eigenvalue weighted by Crippen LogP contribution is 2.35. The molecule has 1 atom stereocenters. The van der Waals surface area contributed by atoms with E-state index in [0.29, 0.717) is 12.8 Å². The van der Waals surface area contributed by atoms with Crippen LogP contribution in [0.1, 0.15) is 55.6 Å². The summed E-state index contributed by atoms with van der Waals surface area (Å²) in [6, 6.07) is 12.2. The van der Waals surface area contributed by atoms with Crippen LogP contribution in [0.25, 0.3) is 11.2 Å². The Bertz CT molecular complexity index is 1080. The van der Waals surface area contributed by atoms with Crippen LogP contribution in [0.4, 0.5) is 0 Å². The molecule has 1 amide bonds. The molecule has 32 heavy (non-hydrogen) atoms. The van der Waals surface area contributed by atoms with Crippen LogP contribution < -0.4 is 4.74 Å². The smallest absolute Gasteiger partial charge is 0.222 e. The number of para-hydroxylation sites is 1. The van der Waals surface area contributed by atoms with Crippen LogP contribution in [0.15, 0.2) is 42.6 Å². The highest BCUT2D eigenvalue weighted by Gasteiger charge is 2.31. The summed E-state index contributed by atoms with van der Waals surface area (Å²) in [5.41, 5.74) is 2.93. The van der Waals surface area contributed by atoms with E-state index in [1.54, 1.807) is 7.11 Å². The van der Waals surface area contributed by atoms with Gasteiger partial charge in [0.05, 0.1) is 7.11 Å². The van der Waals surface area contributed by atoms with Crippen LogP contribution in [-0.2, 0) is 16.0 Å². The van der Waals surface area contributed by atoms with Gasteiger partial charge in [-0.05, 0) is 55.9 Å². The number of ether oxygens (including phenoxy) is 2. The molecule has 168 valence electrons. The fraction of sp³-hybridized carbons (Fsp3) is 0.480. The minimum atomic E-state index is 0.0460. The van der Waals surface area contributed by atoms with E-state index in [4.69, 9.17) is 14.5 Å². The van der Waals surface area contributed by atoms with Gasteiger partial charge in [0.1, 0.15) is 23.2 Å². The Morgan fingerprint density at radius 1 is 1.16 bits per heavy atom. The van der Waals surface area contributed by atoms with Gasteiger partial charge in [0.15, 0.2) is 5.65 Å². The van der Waals surface area contributed by atoms with Gasteiger partial charge in [-0.25, -0.2) is 9.97 Å². The number of nitrogens with zero attached hydrogens (tertiary/aromatic N) is 4. The number of aryl methyl sites for hydroxylation is 1. The number of hydrogen-bond acceptors (Lipinski definition) is 5. The van der Waals surface area contributed by atoms with E-state index in [9.17, 15) is 4.79 Å². The van der Waals surface area contributed by atoms with Crippen molar-refractivity contribution in [3.8, 4) is 5.75 Å². The lowest BCUT2D eigenvalue weighted by molar-refractivity contribution is -0.132. The number of imidazole rings is 1. The lowest BCUT2D eigenvalue weighted by atomic mass is 10.0. The van der Waals surface area contributed by atoms with Crippen LogP contribution in [0.2, 0.25) is 0 Å². The number of methoxy groups -OCH3 is 1. The van der Waals surface area contributed by atoms with Crippen molar-refractivity contribution < 1.29 is 14.3 Å². The van der Waals surface area contributed by atoms with Crippen LogP contribution >= 0.6 is 0 Å². The van der Waals surface area contributed by atoms with Crippen LogP contribution in [0.3, 0.4) is 0 Å². The average molecular weight is 435 g/mol. The van der Waals surface area contributed by atoms with Gasteiger partial charge < -0.3 is 18.9 Å². The first-order valence-electron chi connectivity index (χ1n) is 11.6. The number of hydrogen-bond donors (Lipinski definition) is 0. The van der Waals surface area contributed by atoms with E-state index >= 15 is 0 Å². The van der Waals surface area contributed by atoms with Crippen molar-refractivity contribution in [2.45, 2.75) is 50.7 Å². The molecular weight excluding hydrogens is 404 g/mol. The minimum absolute atomic E-state index is 0.0460. The Morgan fingerprint density at radius 3 is 2.78 bits per heavy atom. The lowest BCUT2D eigenvalue weighted by Gasteiger charge is -2.34. The van der Waals surface area contributed by atoms with E-state index in [2.05, 4.69) is 9.55 Å². The summed E-state index contributed by atoms with van der Waals surface area (Å²) in [5.74, 6) is 2.06. The Morgan fingerprint density at radius 2 is 2.00 bits per heavy atom. The zero-order valence-corrected chi connectivity index (χ0v) is 18.6. The standard InChI is InChI=1S/C25H30N4O3/c1-31-21-8-3-2-6-18(21)10-11-23(30)28-15-12-19(13-16-28)29-24-20(7-4-14-26-24)27-25(29)22-9-5-17-32-22/h2-4,6-8,14,19,22H,5,9-13,15-17H2,1H3. The number of likely N-dealkylation sites (tertiary alicyclic amines) is 1. The van der Waals surface area contributed by atoms with Crippen molar-refractivity contribution in [1.29, 1.82) is 0 Å². The molecule has 0 bridgehead atoms. The zero-order chi connectivity index (χ0) is 21.9. The largest absolute Gasteiger partial charge is 0.496 e. The Kier molecular flexibility index (Phi) is 6.08. The van der Waals surface area contributed by atoms with Crippen molar-refractivity contribution >= 4 is 17.1 Å². The molecule has 0 radical (unpaired) electrons. The molecule has 2 saturated heterocycles. The molecule has 0 spiro atoms. The number of amides is 1. The van der Waals surface area contributed by atoms with E-state index in [1.165, 1.54) is 0 Å². The molecule has 5 rings (SSSR count). The molecule has 7 nitrogen and oxygen atoms in total. The lowest BCUT2D eigenvalue weighted by Crippen LogP contribution is -2.39. The number of carbonyl (C=O) groups excluding carboxylic acids is 1. The summed E-state index contributed by atoms with van der Waals surface area (Å²) in [4.78, 5) is 24.4. The molecule has 1 unspecified atom stereocenters. The number of piperidine rings is 1. The zero-order valence-electron chi connectivity index (χ0n) is 18.6. The SMILES string of the molecule is COc1ccccc1CCC(=O)N1CCC(n2c(C3CCCO3)nc3cccnc32)CC1. The number of rotatable bonds is 6.